The Morgan fingerprint density at radius 3 is 2.52 bits per heavy atom. The van der Waals surface area contributed by atoms with Gasteiger partial charge in [0.1, 0.15) is 12.4 Å². The van der Waals surface area contributed by atoms with E-state index in [0.717, 1.165) is 56.1 Å². The fraction of sp³-hybridized carbons (Fsp3) is 0.348. The molecule has 1 aliphatic heterocycles. The van der Waals surface area contributed by atoms with Crippen molar-refractivity contribution < 1.29 is 19.1 Å². The summed E-state index contributed by atoms with van der Waals surface area (Å²) in [5.74, 6) is -0.740. The minimum Gasteiger partial charge on any atom is -0.489 e. The van der Waals surface area contributed by atoms with Crippen molar-refractivity contribution in [3.8, 4) is 5.75 Å². The quantitative estimate of drug-likeness (QED) is 0.276. The van der Waals surface area contributed by atoms with Crippen molar-refractivity contribution in [2.45, 2.75) is 13.0 Å². The number of carbonyl (C=O) groups excluding carboxylic acids is 2. The molecule has 3 rings (SSSR count). The van der Waals surface area contributed by atoms with Crippen LogP contribution in [0.2, 0.25) is 0 Å². The lowest BCUT2D eigenvalue weighted by Crippen LogP contribution is -2.40. The van der Waals surface area contributed by atoms with Gasteiger partial charge in [-0.2, -0.15) is 5.10 Å². The van der Waals surface area contributed by atoms with E-state index < -0.39 is 11.8 Å². The van der Waals surface area contributed by atoms with Crippen molar-refractivity contribution >= 4 is 18.0 Å². The Morgan fingerprint density at radius 1 is 1.03 bits per heavy atom. The van der Waals surface area contributed by atoms with Gasteiger partial charge >= 0.3 is 11.8 Å². The van der Waals surface area contributed by atoms with Crippen molar-refractivity contribution in [3.63, 3.8) is 0 Å². The van der Waals surface area contributed by atoms with Crippen LogP contribution < -0.4 is 15.5 Å². The van der Waals surface area contributed by atoms with Gasteiger partial charge in [0.2, 0.25) is 0 Å². The Hall–Kier alpha value is -3.23. The molecule has 164 valence electrons. The van der Waals surface area contributed by atoms with Crippen LogP contribution in [0, 0.1) is 0 Å². The summed E-state index contributed by atoms with van der Waals surface area (Å²) < 4.78 is 11.0. The van der Waals surface area contributed by atoms with Crippen molar-refractivity contribution in [3.05, 3.63) is 65.7 Å². The number of amides is 2. The van der Waals surface area contributed by atoms with Gasteiger partial charge in [-0.15, -0.1) is 0 Å². The molecule has 8 heteroatoms. The van der Waals surface area contributed by atoms with E-state index in [0.29, 0.717) is 13.2 Å². The number of benzene rings is 2. The summed E-state index contributed by atoms with van der Waals surface area (Å²) in [5.41, 5.74) is 4.11. The zero-order valence-electron chi connectivity index (χ0n) is 17.5. The Kier molecular flexibility index (Phi) is 9.03. The first-order valence-electron chi connectivity index (χ1n) is 10.4. The van der Waals surface area contributed by atoms with E-state index in [2.05, 4.69) is 20.7 Å². The molecule has 2 N–H and O–H groups in total. The smallest absolute Gasteiger partial charge is 0.329 e. The van der Waals surface area contributed by atoms with Crippen LogP contribution in [0.15, 0.2) is 59.7 Å². The Bertz CT molecular complexity index is 850. The molecule has 1 aliphatic rings. The summed E-state index contributed by atoms with van der Waals surface area (Å²) >= 11 is 0. The number of rotatable bonds is 9. The minimum absolute atomic E-state index is 0.442. The monoisotopic (exact) mass is 424 g/mol. The van der Waals surface area contributed by atoms with Gasteiger partial charge < -0.3 is 14.8 Å². The van der Waals surface area contributed by atoms with E-state index in [4.69, 9.17) is 9.47 Å². The normalized spacial score (nSPS) is 14.3. The van der Waals surface area contributed by atoms with Gasteiger partial charge in [0.15, 0.2) is 0 Å². The molecule has 2 amide bonds. The summed E-state index contributed by atoms with van der Waals surface area (Å²) in [6, 6.07) is 17.2. The molecular formula is C23H28N4O4. The number of hydrogen-bond acceptors (Lipinski definition) is 6. The SMILES string of the molecule is O=C(NCCCN1CCOCC1)C(=O)N/N=C\c1ccc(OCc2ccccc2)cc1. The van der Waals surface area contributed by atoms with Crippen LogP contribution in [0.4, 0.5) is 0 Å². The van der Waals surface area contributed by atoms with E-state index >= 15 is 0 Å². The molecule has 0 aromatic heterocycles. The highest BCUT2D eigenvalue weighted by Crippen LogP contribution is 2.13. The van der Waals surface area contributed by atoms with Crippen LogP contribution in [0.3, 0.4) is 0 Å². The highest BCUT2D eigenvalue weighted by atomic mass is 16.5. The lowest BCUT2D eigenvalue weighted by Gasteiger charge is -2.26. The minimum atomic E-state index is -0.787. The van der Waals surface area contributed by atoms with Crippen LogP contribution in [0.1, 0.15) is 17.5 Å². The van der Waals surface area contributed by atoms with Crippen molar-refractivity contribution in [1.82, 2.24) is 15.6 Å². The number of hydrazone groups is 1. The summed E-state index contributed by atoms with van der Waals surface area (Å²) in [6.07, 6.45) is 2.26. The third kappa shape index (κ3) is 8.19. The van der Waals surface area contributed by atoms with E-state index in [9.17, 15) is 9.59 Å². The van der Waals surface area contributed by atoms with Crippen LogP contribution in [-0.2, 0) is 20.9 Å². The van der Waals surface area contributed by atoms with E-state index in [1.807, 2.05) is 54.6 Å². The number of nitrogens with zero attached hydrogens (tertiary/aromatic N) is 2. The molecule has 0 radical (unpaired) electrons. The van der Waals surface area contributed by atoms with Crippen LogP contribution >= 0.6 is 0 Å². The first-order valence-corrected chi connectivity index (χ1v) is 10.4. The zero-order chi connectivity index (χ0) is 21.7. The summed E-state index contributed by atoms with van der Waals surface area (Å²) in [6.45, 7) is 5.11. The van der Waals surface area contributed by atoms with Gasteiger partial charge in [-0.05, 0) is 48.4 Å². The van der Waals surface area contributed by atoms with Crippen LogP contribution in [-0.4, -0.2) is 62.3 Å². The maximum Gasteiger partial charge on any atom is 0.329 e. The van der Waals surface area contributed by atoms with Crippen molar-refractivity contribution in [1.29, 1.82) is 0 Å². The molecule has 2 aromatic rings. The second-order valence-corrected chi connectivity index (χ2v) is 7.11. The second kappa shape index (κ2) is 12.5. The maximum absolute atomic E-state index is 11.8. The summed E-state index contributed by atoms with van der Waals surface area (Å²) in [7, 11) is 0. The zero-order valence-corrected chi connectivity index (χ0v) is 17.5. The van der Waals surface area contributed by atoms with Crippen molar-refractivity contribution in [2.24, 2.45) is 5.10 Å². The number of ether oxygens (including phenoxy) is 2. The topological polar surface area (TPSA) is 92.3 Å². The lowest BCUT2D eigenvalue weighted by molar-refractivity contribution is -0.139. The first kappa shape index (κ1) is 22.5. The number of morpholine rings is 1. The average Bonchev–Trinajstić information content (AvgIpc) is 2.82. The number of nitrogens with one attached hydrogen (secondary N) is 2. The Morgan fingerprint density at radius 2 is 1.77 bits per heavy atom. The standard InChI is InChI=1S/C23H28N4O4/c28-22(24-11-4-12-27-13-15-30-16-14-27)23(29)26-25-17-19-7-9-21(10-8-19)31-18-20-5-2-1-3-6-20/h1-3,5-10,17H,4,11-16,18H2,(H,24,28)(H,26,29)/b25-17-. The van der Waals surface area contributed by atoms with Gasteiger partial charge in [-0.1, -0.05) is 30.3 Å². The third-order valence-electron chi connectivity index (χ3n) is 4.75. The molecule has 1 heterocycles. The number of carbonyl (C=O) groups is 2. The molecular weight excluding hydrogens is 396 g/mol. The average molecular weight is 425 g/mol. The molecule has 1 fully saturated rings. The molecule has 0 atom stereocenters. The molecule has 0 saturated carbocycles. The molecule has 2 aromatic carbocycles. The largest absolute Gasteiger partial charge is 0.489 e. The van der Waals surface area contributed by atoms with Gasteiger partial charge in [-0.25, -0.2) is 5.43 Å². The highest BCUT2D eigenvalue weighted by molar-refractivity contribution is 6.35. The van der Waals surface area contributed by atoms with E-state index in [1.54, 1.807) is 0 Å². The van der Waals surface area contributed by atoms with Gasteiger partial charge in [0.25, 0.3) is 0 Å². The Balaban J connectivity index is 1.32. The molecule has 0 bridgehead atoms. The fourth-order valence-electron chi connectivity index (χ4n) is 3.02. The second-order valence-electron chi connectivity index (χ2n) is 7.11. The van der Waals surface area contributed by atoms with E-state index in [1.165, 1.54) is 6.21 Å². The van der Waals surface area contributed by atoms with Crippen molar-refractivity contribution in [2.75, 3.05) is 39.4 Å². The molecule has 0 unspecified atom stereocenters. The molecule has 1 saturated heterocycles. The highest BCUT2D eigenvalue weighted by Gasteiger charge is 2.13. The summed E-state index contributed by atoms with van der Waals surface area (Å²) in [5, 5.41) is 6.45. The van der Waals surface area contributed by atoms with Crippen LogP contribution in [0.5, 0.6) is 5.75 Å². The molecule has 0 aliphatic carbocycles. The van der Waals surface area contributed by atoms with E-state index in [-0.39, 0.29) is 0 Å². The van der Waals surface area contributed by atoms with Gasteiger partial charge in [0.05, 0.1) is 19.4 Å². The summed E-state index contributed by atoms with van der Waals surface area (Å²) in [4.78, 5) is 25.9. The fourth-order valence-corrected chi connectivity index (χ4v) is 3.02. The maximum atomic E-state index is 11.8. The third-order valence-corrected chi connectivity index (χ3v) is 4.75. The predicted molar refractivity (Wildman–Crippen MR) is 118 cm³/mol. The molecule has 31 heavy (non-hydrogen) atoms. The lowest BCUT2D eigenvalue weighted by atomic mass is 10.2. The molecule has 0 spiro atoms. The van der Waals surface area contributed by atoms with Crippen LogP contribution in [0.25, 0.3) is 0 Å². The van der Waals surface area contributed by atoms with Gasteiger partial charge in [0, 0.05) is 19.6 Å². The first-order chi connectivity index (χ1) is 15.2. The predicted octanol–water partition coefficient (Wildman–Crippen LogP) is 1.55. The molecule has 8 nitrogen and oxygen atoms in total. The number of hydrogen-bond donors (Lipinski definition) is 2. The van der Waals surface area contributed by atoms with Gasteiger partial charge in [-0.3, -0.25) is 14.5 Å². The Labute approximate surface area is 182 Å².